The Bertz CT molecular complexity index is 2450. The largest absolute Gasteiger partial charge is 0.505 e. The van der Waals surface area contributed by atoms with Crippen LogP contribution in [0.2, 0.25) is 0 Å². The van der Waals surface area contributed by atoms with E-state index in [1.54, 1.807) is 36.7 Å². The third-order valence-corrected chi connectivity index (χ3v) is 9.22. The van der Waals surface area contributed by atoms with E-state index in [-0.39, 0.29) is 54.4 Å². The van der Waals surface area contributed by atoms with Crippen molar-refractivity contribution in [3.8, 4) is 11.5 Å². The number of non-ortho nitro benzene ring substituents is 2. The summed E-state index contributed by atoms with van der Waals surface area (Å²) in [6.07, 6.45) is 3.29. The van der Waals surface area contributed by atoms with Gasteiger partial charge in [0.1, 0.15) is 22.5 Å². The summed E-state index contributed by atoms with van der Waals surface area (Å²) in [5, 5.41) is 52.0. The monoisotopic (exact) mass is 806 g/mol. The third kappa shape index (κ3) is 9.01. The maximum atomic E-state index is 10.9. The summed E-state index contributed by atoms with van der Waals surface area (Å²) >= 11 is 0. The number of aromatic nitrogens is 2. The van der Waals surface area contributed by atoms with Crippen LogP contribution in [-0.4, -0.2) is 30.0 Å². The molecule has 0 aliphatic carbocycles. The van der Waals surface area contributed by atoms with E-state index in [2.05, 4.69) is 20.6 Å². The summed E-state index contributed by atoms with van der Waals surface area (Å²) in [7, 11) is 0. The summed E-state index contributed by atoms with van der Waals surface area (Å²) in [6.45, 7) is 0. The fraction of sp³-hybridized carbons (Fsp3) is 0.0455. The van der Waals surface area contributed by atoms with Crippen LogP contribution in [0.3, 0.4) is 0 Å². The predicted octanol–water partition coefficient (Wildman–Crippen LogP) is 10.1. The van der Waals surface area contributed by atoms with Crippen LogP contribution in [-0.2, 0) is 19.5 Å². The number of rotatable bonds is 10. The summed E-state index contributed by atoms with van der Waals surface area (Å²) < 4.78 is 0. The van der Waals surface area contributed by atoms with Gasteiger partial charge in [0, 0.05) is 89.4 Å². The van der Waals surface area contributed by atoms with E-state index in [0.29, 0.717) is 33.5 Å². The maximum absolute atomic E-state index is 10.9. The number of nitro groups is 2. The molecule has 0 radical (unpaired) electrons. The van der Waals surface area contributed by atoms with Gasteiger partial charge in [-0.2, -0.15) is 0 Å². The fourth-order valence-corrected chi connectivity index (χ4v) is 6.42. The smallest absolute Gasteiger partial charge is 0.269 e. The number of phenolic OH excluding ortho intramolecular Hbond substituents is 2. The van der Waals surface area contributed by atoms with Crippen molar-refractivity contribution in [3.63, 3.8) is 0 Å². The van der Waals surface area contributed by atoms with Gasteiger partial charge in [-0.1, -0.05) is 97.1 Å². The van der Waals surface area contributed by atoms with Crippen molar-refractivity contribution in [1.29, 1.82) is 0 Å². The Balaban J connectivity index is 0.000000189. The molecule has 0 amide bonds. The van der Waals surface area contributed by atoms with Gasteiger partial charge >= 0.3 is 0 Å². The molecule has 2 unspecified atom stereocenters. The number of anilines is 2. The molecule has 4 N–H and O–H groups in total. The number of aromatic hydroxyl groups is 2. The molecule has 0 spiro atoms. The quantitative estimate of drug-likeness (QED) is 0.0591. The van der Waals surface area contributed by atoms with E-state index < -0.39 is 9.85 Å². The van der Waals surface area contributed by atoms with E-state index in [4.69, 9.17) is 0 Å². The molecule has 0 saturated heterocycles. The van der Waals surface area contributed by atoms with Crippen molar-refractivity contribution in [1.82, 2.24) is 9.97 Å². The van der Waals surface area contributed by atoms with E-state index in [1.807, 2.05) is 109 Å². The molecular weight excluding hydrogens is 774 g/mol. The van der Waals surface area contributed by atoms with Gasteiger partial charge < -0.3 is 20.8 Å². The van der Waals surface area contributed by atoms with Gasteiger partial charge in [0.2, 0.25) is 0 Å². The number of hydrogen-bond acceptors (Lipinski definition) is 10. The van der Waals surface area contributed by atoms with Crippen LogP contribution in [0.25, 0.3) is 21.8 Å². The second-order valence-corrected chi connectivity index (χ2v) is 12.7. The van der Waals surface area contributed by atoms with Gasteiger partial charge in [-0.3, -0.25) is 30.2 Å². The first-order valence-corrected chi connectivity index (χ1v) is 17.5. The number of nitro benzene ring substituents is 2. The Labute approximate surface area is 339 Å². The molecule has 278 valence electrons. The van der Waals surface area contributed by atoms with Crippen molar-refractivity contribution >= 4 is 44.6 Å². The maximum Gasteiger partial charge on any atom is 0.269 e. The first-order valence-electron chi connectivity index (χ1n) is 17.5. The van der Waals surface area contributed by atoms with Crippen LogP contribution in [0.4, 0.5) is 22.7 Å². The van der Waals surface area contributed by atoms with Crippen LogP contribution in [0.1, 0.15) is 34.3 Å². The predicted molar refractivity (Wildman–Crippen MR) is 217 cm³/mol. The van der Waals surface area contributed by atoms with Crippen molar-refractivity contribution in [2.75, 3.05) is 10.6 Å². The van der Waals surface area contributed by atoms with E-state index >= 15 is 0 Å². The van der Waals surface area contributed by atoms with Crippen molar-refractivity contribution in [2.24, 2.45) is 0 Å². The number of pyridine rings is 2. The molecule has 8 aromatic rings. The van der Waals surface area contributed by atoms with Crippen LogP contribution in [0.5, 0.6) is 11.5 Å². The molecular formula is C44H34N6O6Zn. The standard InChI is InChI=1S/2C22H17N3O3.Zn/c2*26-22-19(13-8-16-7-4-14-23-21(16)22)20(15-5-2-1-3-6-15)24-17-9-11-18(12-10-17)25(27)28;/h2*1-14,20,24,26H;. The van der Waals surface area contributed by atoms with E-state index in [0.717, 1.165) is 21.9 Å². The first kappa shape index (κ1) is 39.5. The molecule has 0 aliphatic heterocycles. The van der Waals surface area contributed by atoms with Gasteiger partial charge in [0.15, 0.2) is 0 Å². The minimum Gasteiger partial charge on any atom is -0.505 e. The fourth-order valence-electron chi connectivity index (χ4n) is 6.42. The Morgan fingerprint density at radius 1 is 0.474 bits per heavy atom. The van der Waals surface area contributed by atoms with Gasteiger partial charge in [0.05, 0.1) is 21.9 Å². The summed E-state index contributed by atoms with van der Waals surface area (Å²) in [5.74, 6) is 0.225. The Morgan fingerprint density at radius 2 is 0.842 bits per heavy atom. The van der Waals surface area contributed by atoms with Gasteiger partial charge in [-0.05, 0) is 47.5 Å². The number of nitrogens with zero attached hydrogens (tertiary/aromatic N) is 4. The summed E-state index contributed by atoms with van der Waals surface area (Å²) in [4.78, 5) is 29.5. The molecule has 12 nitrogen and oxygen atoms in total. The summed E-state index contributed by atoms with van der Waals surface area (Å²) in [5.41, 5.74) is 5.79. The molecule has 2 heterocycles. The first-order chi connectivity index (χ1) is 27.3. The minimum absolute atomic E-state index is 0. The molecule has 0 bridgehead atoms. The van der Waals surface area contributed by atoms with Crippen LogP contribution in [0.15, 0.2) is 170 Å². The van der Waals surface area contributed by atoms with Crippen LogP contribution >= 0.6 is 0 Å². The SMILES string of the molecule is O=[N+]([O-])c1ccc(NC(c2ccccc2)c2ccc3cccnc3c2O)cc1.O=[N+]([O-])c1ccc(NC(c2ccccc2)c2ccc3cccnc3c2O)cc1.[Zn]. The molecule has 2 aromatic heterocycles. The zero-order valence-corrected chi connectivity index (χ0v) is 33.3. The van der Waals surface area contributed by atoms with Crippen molar-refractivity contribution in [3.05, 3.63) is 213 Å². The van der Waals surface area contributed by atoms with Gasteiger partial charge in [-0.25, -0.2) is 0 Å². The molecule has 2 atom stereocenters. The minimum atomic E-state index is -0.431. The van der Waals surface area contributed by atoms with Crippen LogP contribution in [0, 0.1) is 20.2 Å². The second-order valence-electron chi connectivity index (χ2n) is 12.7. The molecule has 57 heavy (non-hydrogen) atoms. The average molecular weight is 808 g/mol. The molecule has 8 rings (SSSR count). The molecule has 0 saturated carbocycles. The zero-order chi connectivity index (χ0) is 39.0. The molecule has 6 aromatic carbocycles. The Kier molecular flexibility index (Phi) is 12.4. The third-order valence-electron chi connectivity index (χ3n) is 9.22. The Morgan fingerprint density at radius 3 is 1.19 bits per heavy atom. The van der Waals surface area contributed by atoms with E-state index in [9.17, 15) is 30.4 Å². The number of benzene rings is 6. The normalized spacial score (nSPS) is 11.6. The molecule has 0 aliphatic rings. The Hall–Kier alpha value is -7.24. The number of hydrogen-bond donors (Lipinski definition) is 4. The van der Waals surface area contributed by atoms with Crippen LogP contribution < -0.4 is 10.6 Å². The summed E-state index contributed by atoms with van der Waals surface area (Å²) in [6, 6.07) is 46.2. The number of nitrogens with one attached hydrogen (secondary N) is 2. The number of fused-ring (bicyclic) bond motifs is 2. The second kappa shape index (κ2) is 17.9. The van der Waals surface area contributed by atoms with Crippen molar-refractivity contribution in [2.45, 2.75) is 12.1 Å². The van der Waals surface area contributed by atoms with Crippen molar-refractivity contribution < 1.29 is 39.5 Å². The topological polar surface area (TPSA) is 177 Å². The molecule has 0 fully saturated rings. The number of phenols is 2. The average Bonchev–Trinajstić information content (AvgIpc) is 3.24. The zero-order valence-electron chi connectivity index (χ0n) is 30.3. The van der Waals surface area contributed by atoms with Gasteiger partial charge in [-0.15, -0.1) is 0 Å². The van der Waals surface area contributed by atoms with Gasteiger partial charge in [0.25, 0.3) is 11.4 Å². The van der Waals surface area contributed by atoms with E-state index in [1.165, 1.54) is 24.3 Å². The molecule has 13 heteroatoms.